The summed E-state index contributed by atoms with van der Waals surface area (Å²) in [5, 5.41) is 0.404. The van der Waals surface area contributed by atoms with Gasteiger partial charge in [-0.1, -0.05) is 0 Å². The molecule has 0 bridgehead atoms. The molecule has 0 N–H and O–H groups in total. The van der Waals surface area contributed by atoms with Gasteiger partial charge in [-0.15, -0.1) is 11.3 Å². The molecule has 6 nitrogen and oxygen atoms in total. The summed E-state index contributed by atoms with van der Waals surface area (Å²) in [7, 11) is -3.36. The largest absolute Gasteiger partial charge is 0.468 e. The normalized spacial score (nSPS) is 17.9. The van der Waals surface area contributed by atoms with E-state index >= 15 is 0 Å². The Kier molecular flexibility index (Phi) is 4.32. The summed E-state index contributed by atoms with van der Waals surface area (Å²) < 4.78 is 31.3. The summed E-state index contributed by atoms with van der Waals surface area (Å²) in [6.07, 6.45) is 1.92. The monoisotopic (exact) mass is 390 g/mol. The number of carbonyl (C=O) groups is 1. The van der Waals surface area contributed by atoms with Crippen molar-refractivity contribution >= 4 is 37.3 Å². The highest BCUT2D eigenvalue weighted by atomic mass is 32.2. The highest BCUT2D eigenvalue weighted by Crippen LogP contribution is 2.26. The van der Waals surface area contributed by atoms with Crippen LogP contribution in [0.1, 0.15) is 27.5 Å². The molecule has 136 valence electrons. The topological polar surface area (TPSA) is 80.5 Å². The van der Waals surface area contributed by atoms with E-state index < -0.39 is 15.1 Å². The second kappa shape index (κ2) is 6.51. The van der Waals surface area contributed by atoms with Crippen LogP contribution in [0.5, 0.6) is 0 Å². The van der Waals surface area contributed by atoms with E-state index in [1.54, 1.807) is 34.4 Å². The van der Waals surface area contributed by atoms with Gasteiger partial charge in [0.1, 0.15) is 11.5 Å². The zero-order chi connectivity index (χ0) is 18.3. The minimum Gasteiger partial charge on any atom is -0.468 e. The number of fused-ring (bicyclic) bond motifs is 1. The van der Waals surface area contributed by atoms with Gasteiger partial charge in [0.25, 0.3) is 5.91 Å². The van der Waals surface area contributed by atoms with Gasteiger partial charge in [-0.2, -0.15) is 0 Å². The number of thiazole rings is 1. The lowest BCUT2D eigenvalue weighted by Gasteiger charge is -2.16. The van der Waals surface area contributed by atoms with E-state index in [4.69, 9.17) is 4.42 Å². The number of carbonyl (C=O) groups excluding carboxylic acids is 1. The molecule has 0 radical (unpaired) electrons. The van der Waals surface area contributed by atoms with Gasteiger partial charge in [-0.3, -0.25) is 4.79 Å². The van der Waals surface area contributed by atoms with E-state index in [0.29, 0.717) is 24.3 Å². The smallest absolute Gasteiger partial charge is 0.253 e. The summed E-state index contributed by atoms with van der Waals surface area (Å²) in [6, 6.07) is 8.77. The van der Waals surface area contributed by atoms with Gasteiger partial charge in [-0.25, -0.2) is 13.4 Å². The van der Waals surface area contributed by atoms with Crippen LogP contribution in [-0.2, 0) is 15.6 Å². The maximum atomic E-state index is 12.8. The molecule has 1 saturated heterocycles. The Bertz CT molecular complexity index is 1050. The van der Waals surface area contributed by atoms with Crippen LogP contribution in [-0.4, -0.2) is 42.5 Å². The van der Waals surface area contributed by atoms with E-state index in [9.17, 15) is 13.2 Å². The molecule has 3 aromatic rings. The predicted octanol–water partition coefficient (Wildman–Crippen LogP) is 3.03. The van der Waals surface area contributed by atoms with Gasteiger partial charge in [-0.05, 0) is 43.7 Å². The molecule has 0 aliphatic carbocycles. The Morgan fingerprint density at radius 3 is 3.00 bits per heavy atom. The maximum Gasteiger partial charge on any atom is 0.253 e. The first-order chi connectivity index (χ1) is 12.4. The third-order valence-electron chi connectivity index (χ3n) is 4.61. The van der Waals surface area contributed by atoms with Gasteiger partial charge in [0.05, 0.1) is 26.7 Å². The Morgan fingerprint density at radius 2 is 2.23 bits per heavy atom. The Hall–Kier alpha value is -2.19. The van der Waals surface area contributed by atoms with Crippen molar-refractivity contribution < 1.29 is 17.6 Å². The van der Waals surface area contributed by atoms with Crippen molar-refractivity contribution in [3.63, 3.8) is 0 Å². The van der Waals surface area contributed by atoms with Crippen LogP contribution >= 0.6 is 11.3 Å². The Labute approximate surface area is 155 Å². The molecule has 0 spiro atoms. The summed E-state index contributed by atoms with van der Waals surface area (Å²) in [5.41, 5.74) is 1.45. The highest BCUT2D eigenvalue weighted by molar-refractivity contribution is 7.91. The van der Waals surface area contributed by atoms with Gasteiger partial charge >= 0.3 is 0 Å². The van der Waals surface area contributed by atoms with Crippen molar-refractivity contribution in [3.8, 4) is 0 Å². The van der Waals surface area contributed by atoms with Crippen molar-refractivity contribution in [2.45, 2.75) is 24.3 Å². The number of amides is 1. The number of benzene rings is 1. The van der Waals surface area contributed by atoms with Crippen molar-refractivity contribution in [2.75, 3.05) is 13.1 Å². The Morgan fingerprint density at radius 1 is 1.38 bits per heavy atom. The lowest BCUT2D eigenvalue weighted by Crippen LogP contribution is -2.32. The molecule has 1 aliphatic heterocycles. The molecule has 0 saturated carbocycles. The first-order valence-electron chi connectivity index (χ1n) is 8.33. The molecule has 1 unspecified atom stereocenters. The highest BCUT2D eigenvalue weighted by Gasteiger charge is 2.36. The fourth-order valence-electron chi connectivity index (χ4n) is 3.27. The second-order valence-electron chi connectivity index (χ2n) is 6.46. The average molecular weight is 390 g/mol. The molecule has 1 aliphatic rings. The first-order valence-corrected chi connectivity index (χ1v) is 10.9. The van der Waals surface area contributed by atoms with Gasteiger partial charge in [0, 0.05) is 18.7 Å². The summed E-state index contributed by atoms with van der Waals surface area (Å²) in [4.78, 5) is 18.8. The van der Waals surface area contributed by atoms with E-state index in [0.717, 1.165) is 15.2 Å². The fraction of sp³-hybridized carbons (Fsp3) is 0.333. The number of aromatic nitrogens is 1. The molecule has 26 heavy (non-hydrogen) atoms. The predicted molar refractivity (Wildman–Crippen MR) is 100.0 cm³/mol. The van der Waals surface area contributed by atoms with Crippen LogP contribution < -0.4 is 0 Å². The molecule has 1 aromatic carbocycles. The third-order valence-corrected chi connectivity index (χ3v) is 7.63. The van der Waals surface area contributed by atoms with E-state index in [1.807, 2.05) is 19.1 Å². The molecular weight excluding hydrogens is 372 g/mol. The lowest BCUT2D eigenvalue weighted by atomic mass is 10.2. The SMILES string of the molecule is Cc1nc2ccc(C(=O)N3CCC(S(=O)(=O)Cc4ccco4)C3)cc2s1. The van der Waals surface area contributed by atoms with Crippen molar-refractivity contribution in [3.05, 3.63) is 52.9 Å². The molecule has 2 aromatic heterocycles. The second-order valence-corrected chi connectivity index (χ2v) is 9.98. The molecular formula is C18H18N2O4S2. The van der Waals surface area contributed by atoms with E-state index in [-0.39, 0.29) is 18.2 Å². The van der Waals surface area contributed by atoms with E-state index in [2.05, 4.69) is 4.98 Å². The zero-order valence-corrected chi connectivity index (χ0v) is 15.8. The number of nitrogens with zero attached hydrogens (tertiary/aromatic N) is 2. The number of sulfone groups is 1. The number of aryl methyl sites for hydroxylation is 1. The standard InChI is InChI=1S/C18H18N2O4S2/c1-12-19-16-5-4-13(9-17(16)25-12)18(21)20-7-6-15(10-20)26(22,23)11-14-3-2-8-24-14/h2-5,8-9,15H,6-7,10-11H2,1H3. The fourth-order valence-corrected chi connectivity index (χ4v) is 5.81. The van der Waals surface area contributed by atoms with Crippen LogP contribution in [0.3, 0.4) is 0 Å². The van der Waals surface area contributed by atoms with Gasteiger partial charge in [0.2, 0.25) is 0 Å². The molecule has 8 heteroatoms. The first kappa shape index (κ1) is 17.2. The van der Waals surface area contributed by atoms with Crippen molar-refractivity contribution in [1.82, 2.24) is 9.88 Å². The summed E-state index contributed by atoms with van der Waals surface area (Å²) in [6.45, 7) is 2.60. The van der Waals surface area contributed by atoms with E-state index in [1.165, 1.54) is 6.26 Å². The van der Waals surface area contributed by atoms with Crippen LogP contribution in [0.25, 0.3) is 10.2 Å². The third kappa shape index (κ3) is 3.26. The minimum absolute atomic E-state index is 0.126. The van der Waals surface area contributed by atoms with Gasteiger partial charge in [0.15, 0.2) is 9.84 Å². The lowest BCUT2D eigenvalue weighted by molar-refractivity contribution is 0.0793. The number of hydrogen-bond acceptors (Lipinski definition) is 6. The van der Waals surface area contributed by atoms with Crippen LogP contribution in [0, 0.1) is 6.92 Å². The molecule has 4 rings (SSSR count). The zero-order valence-electron chi connectivity index (χ0n) is 14.2. The number of furan rings is 1. The number of hydrogen-bond donors (Lipinski definition) is 0. The Balaban J connectivity index is 1.49. The average Bonchev–Trinajstić information content (AvgIpc) is 3.32. The van der Waals surface area contributed by atoms with Gasteiger partial charge < -0.3 is 9.32 Å². The summed E-state index contributed by atoms with van der Waals surface area (Å²) in [5.74, 6) is 0.174. The van der Waals surface area contributed by atoms with Crippen LogP contribution in [0.15, 0.2) is 41.0 Å². The van der Waals surface area contributed by atoms with Crippen LogP contribution in [0.4, 0.5) is 0 Å². The summed E-state index contributed by atoms with van der Waals surface area (Å²) >= 11 is 1.54. The number of rotatable bonds is 4. The van der Waals surface area contributed by atoms with Crippen molar-refractivity contribution in [2.24, 2.45) is 0 Å². The molecule has 1 amide bonds. The van der Waals surface area contributed by atoms with Crippen LogP contribution in [0.2, 0.25) is 0 Å². The quantitative estimate of drug-likeness (QED) is 0.684. The molecule has 1 atom stereocenters. The molecule has 1 fully saturated rings. The van der Waals surface area contributed by atoms with Crippen molar-refractivity contribution in [1.29, 1.82) is 0 Å². The minimum atomic E-state index is -3.36. The maximum absolute atomic E-state index is 12.8. The number of likely N-dealkylation sites (tertiary alicyclic amines) is 1. The molecule has 3 heterocycles.